The Balaban J connectivity index is 0.00000312. The molecule has 0 atom stereocenters. The lowest BCUT2D eigenvalue weighted by Gasteiger charge is -2.22. The van der Waals surface area contributed by atoms with Crippen molar-refractivity contribution in [1.29, 1.82) is 0 Å². The zero-order chi connectivity index (χ0) is 17.2. The number of guanidine groups is 1. The number of aromatic nitrogens is 1. The van der Waals surface area contributed by atoms with Crippen LogP contribution in [0.3, 0.4) is 0 Å². The smallest absolute Gasteiger partial charge is 0.216 e. The lowest BCUT2D eigenvalue weighted by molar-refractivity contribution is 0.0277. The standard InChI is InChI=1S/C18H32N4O2.HI/c1-4-19-18(21-13-17-22-14(2)15(3)24-17)20-11-8-12-23-16-9-6-5-7-10-16;/h16H,4-13H2,1-3H3,(H2,19,20,21);1H. The van der Waals surface area contributed by atoms with Crippen LogP contribution in [0.1, 0.15) is 62.8 Å². The second-order valence-corrected chi connectivity index (χ2v) is 6.36. The van der Waals surface area contributed by atoms with Gasteiger partial charge >= 0.3 is 0 Å². The first-order valence-electron chi connectivity index (χ1n) is 9.25. The van der Waals surface area contributed by atoms with Gasteiger partial charge in [0.15, 0.2) is 5.96 Å². The average Bonchev–Trinajstić information content (AvgIpc) is 2.91. The first-order valence-corrected chi connectivity index (χ1v) is 9.25. The highest BCUT2D eigenvalue weighted by Crippen LogP contribution is 2.20. The predicted octanol–water partition coefficient (Wildman–Crippen LogP) is 3.70. The Morgan fingerprint density at radius 1 is 1.24 bits per heavy atom. The van der Waals surface area contributed by atoms with Gasteiger partial charge in [0.2, 0.25) is 5.89 Å². The lowest BCUT2D eigenvalue weighted by atomic mass is 9.98. The number of halogens is 1. The van der Waals surface area contributed by atoms with E-state index in [0.29, 0.717) is 18.5 Å². The number of hydrogen-bond donors (Lipinski definition) is 2. The Morgan fingerprint density at radius 2 is 2.00 bits per heavy atom. The quantitative estimate of drug-likeness (QED) is 0.266. The second kappa shape index (κ2) is 12.5. The van der Waals surface area contributed by atoms with Gasteiger partial charge in [-0.25, -0.2) is 9.98 Å². The maximum Gasteiger partial charge on any atom is 0.216 e. The number of nitrogens with zero attached hydrogens (tertiary/aromatic N) is 2. The van der Waals surface area contributed by atoms with Gasteiger partial charge in [-0.2, -0.15) is 0 Å². The van der Waals surface area contributed by atoms with Gasteiger partial charge in [-0.15, -0.1) is 24.0 Å². The predicted molar refractivity (Wildman–Crippen MR) is 112 cm³/mol. The Labute approximate surface area is 168 Å². The van der Waals surface area contributed by atoms with Gasteiger partial charge in [-0.1, -0.05) is 19.3 Å². The van der Waals surface area contributed by atoms with E-state index in [1.165, 1.54) is 32.1 Å². The van der Waals surface area contributed by atoms with Crippen LogP contribution < -0.4 is 10.6 Å². The molecule has 0 spiro atoms. The van der Waals surface area contributed by atoms with Crippen LogP contribution in [0.4, 0.5) is 0 Å². The number of ether oxygens (including phenoxy) is 1. The molecule has 0 amide bonds. The van der Waals surface area contributed by atoms with E-state index in [9.17, 15) is 0 Å². The van der Waals surface area contributed by atoms with Gasteiger partial charge < -0.3 is 19.8 Å². The molecule has 0 unspecified atom stereocenters. The summed E-state index contributed by atoms with van der Waals surface area (Å²) in [7, 11) is 0. The Bertz CT molecular complexity index is 494. The van der Waals surface area contributed by atoms with Gasteiger partial charge in [0, 0.05) is 19.7 Å². The van der Waals surface area contributed by atoms with Crippen molar-refractivity contribution in [2.45, 2.75) is 71.9 Å². The average molecular weight is 464 g/mol. The molecule has 2 N–H and O–H groups in total. The van der Waals surface area contributed by atoms with E-state index in [2.05, 4.69) is 27.5 Å². The Kier molecular flexibility index (Phi) is 11.1. The highest BCUT2D eigenvalue weighted by molar-refractivity contribution is 14.0. The molecule has 1 heterocycles. The van der Waals surface area contributed by atoms with Crippen molar-refractivity contribution in [1.82, 2.24) is 15.6 Å². The summed E-state index contributed by atoms with van der Waals surface area (Å²) >= 11 is 0. The van der Waals surface area contributed by atoms with E-state index < -0.39 is 0 Å². The Hall–Kier alpha value is -0.830. The molecule has 2 rings (SSSR count). The molecule has 0 bridgehead atoms. The zero-order valence-corrected chi connectivity index (χ0v) is 18.1. The van der Waals surface area contributed by atoms with Crippen molar-refractivity contribution in [3.8, 4) is 0 Å². The molecule has 1 aliphatic rings. The molecule has 1 aliphatic carbocycles. The zero-order valence-electron chi connectivity index (χ0n) is 15.8. The van der Waals surface area contributed by atoms with Gasteiger partial charge in [0.25, 0.3) is 0 Å². The van der Waals surface area contributed by atoms with Crippen LogP contribution in [0.5, 0.6) is 0 Å². The molecule has 0 saturated heterocycles. The summed E-state index contributed by atoms with van der Waals surface area (Å²) in [6.07, 6.45) is 7.93. The molecule has 6 nitrogen and oxygen atoms in total. The lowest BCUT2D eigenvalue weighted by Crippen LogP contribution is -2.38. The minimum Gasteiger partial charge on any atom is -0.444 e. The largest absolute Gasteiger partial charge is 0.444 e. The number of aryl methyl sites for hydroxylation is 2. The maximum atomic E-state index is 5.94. The number of aliphatic imine (C=N–C) groups is 1. The molecule has 0 radical (unpaired) electrons. The van der Waals surface area contributed by atoms with Crippen LogP contribution in [0, 0.1) is 13.8 Å². The normalized spacial score (nSPS) is 15.7. The van der Waals surface area contributed by atoms with Crippen molar-refractivity contribution < 1.29 is 9.15 Å². The van der Waals surface area contributed by atoms with Crippen LogP contribution in [-0.4, -0.2) is 36.7 Å². The molecule has 1 saturated carbocycles. The van der Waals surface area contributed by atoms with Crippen LogP contribution in [0.2, 0.25) is 0 Å². The van der Waals surface area contributed by atoms with Crippen LogP contribution in [0.15, 0.2) is 9.41 Å². The topological polar surface area (TPSA) is 71.7 Å². The summed E-state index contributed by atoms with van der Waals surface area (Å²) in [4.78, 5) is 8.88. The molecule has 144 valence electrons. The monoisotopic (exact) mass is 464 g/mol. The summed E-state index contributed by atoms with van der Waals surface area (Å²) in [6, 6.07) is 0. The summed E-state index contributed by atoms with van der Waals surface area (Å²) in [5.74, 6) is 2.31. The molecular formula is C18H33IN4O2. The first-order chi connectivity index (χ1) is 11.7. The molecule has 0 aromatic carbocycles. The molecule has 7 heteroatoms. The van der Waals surface area contributed by atoms with E-state index in [1.54, 1.807) is 0 Å². The Morgan fingerprint density at radius 3 is 2.64 bits per heavy atom. The van der Waals surface area contributed by atoms with Gasteiger partial charge in [-0.3, -0.25) is 0 Å². The highest BCUT2D eigenvalue weighted by Gasteiger charge is 2.13. The van der Waals surface area contributed by atoms with E-state index in [1.807, 2.05) is 13.8 Å². The summed E-state index contributed by atoms with van der Waals surface area (Å²) in [6.45, 7) is 8.87. The number of hydrogen-bond acceptors (Lipinski definition) is 4. The molecule has 25 heavy (non-hydrogen) atoms. The van der Waals surface area contributed by atoms with E-state index in [0.717, 1.165) is 43.5 Å². The van der Waals surface area contributed by atoms with E-state index >= 15 is 0 Å². The fraction of sp³-hybridized carbons (Fsp3) is 0.778. The van der Waals surface area contributed by atoms with Crippen LogP contribution >= 0.6 is 24.0 Å². The van der Waals surface area contributed by atoms with Crippen LogP contribution in [-0.2, 0) is 11.3 Å². The highest BCUT2D eigenvalue weighted by atomic mass is 127. The van der Waals surface area contributed by atoms with Gasteiger partial charge in [0.1, 0.15) is 12.3 Å². The van der Waals surface area contributed by atoms with Gasteiger partial charge in [0.05, 0.1) is 11.8 Å². The van der Waals surface area contributed by atoms with Crippen molar-refractivity contribution >= 4 is 29.9 Å². The van der Waals surface area contributed by atoms with E-state index in [-0.39, 0.29) is 24.0 Å². The molecule has 0 aliphatic heterocycles. The molecule has 1 aromatic heterocycles. The minimum absolute atomic E-state index is 0. The summed E-state index contributed by atoms with van der Waals surface area (Å²) in [5.41, 5.74) is 0.929. The third-order valence-corrected chi connectivity index (χ3v) is 4.31. The van der Waals surface area contributed by atoms with Crippen molar-refractivity contribution in [2.24, 2.45) is 4.99 Å². The minimum atomic E-state index is 0. The third kappa shape index (κ3) is 8.40. The van der Waals surface area contributed by atoms with Crippen molar-refractivity contribution in [3.63, 3.8) is 0 Å². The summed E-state index contributed by atoms with van der Waals surface area (Å²) < 4.78 is 11.5. The van der Waals surface area contributed by atoms with Crippen molar-refractivity contribution in [2.75, 3.05) is 19.7 Å². The van der Waals surface area contributed by atoms with E-state index in [4.69, 9.17) is 9.15 Å². The number of oxazole rings is 1. The number of nitrogens with one attached hydrogen (secondary N) is 2. The first kappa shape index (κ1) is 22.2. The fourth-order valence-electron chi connectivity index (χ4n) is 2.86. The SMILES string of the molecule is CCNC(=NCc1nc(C)c(C)o1)NCCCOC1CCCCC1.I. The van der Waals surface area contributed by atoms with Crippen molar-refractivity contribution in [3.05, 3.63) is 17.3 Å². The fourth-order valence-corrected chi connectivity index (χ4v) is 2.86. The summed E-state index contributed by atoms with van der Waals surface area (Å²) in [5, 5.41) is 6.58. The van der Waals surface area contributed by atoms with Crippen LogP contribution in [0.25, 0.3) is 0 Å². The maximum absolute atomic E-state index is 5.94. The molecule has 1 fully saturated rings. The molecular weight excluding hydrogens is 431 g/mol. The van der Waals surface area contributed by atoms with Gasteiger partial charge in [-0.05, 0) is 40.0 Å². The third-order valence-electron chi connectivity index (χ3n) is 4.31. The number of rotatable bonds is 8. The second-order valence-electron chi connectivity index (χ2n) is 6.36. The molecule has 1 aromatic rings.